The van der Waals surface area contributed by atoms with Crippen LogP contribution in [0.15, 0.2) is 11.4 Å². The predicted octanol–water partition coefficient (Wildman–Crippen LogP) is 2.04. The molecule has 0 saturated carbocycles. The number of hydrogen-bond donors (Lipinski definition) is 0. The second kappa shape index (κ2) is 2.48. The maximum Gasteiger partial charge on any atom is 0.125 e. The molecule has 0 aromatic carbocycles. The molecule has 0 spiro atoms. The summed E-state index contributed by atoms with van der Waals surface area (Å²) in [5, 5.41) is 0. The zero-order valence-electron chi connectivity index (χ0n) is 5.78. The van der Waals surface area contributed by atoms with E-state index in [1.54, 1.807) is 0 Å². The van der Waals surface area contributed by atoms with E-state index in [2.05, 4.69) is 0 Å². The Bertz CT molecular complexity index is 140. The molecule has 1 aliphatic rings. The van der Waals surface area contributed by atoms with Gasteiger partial charge >= 0.3 is 0 Å². The van der Waals surface area contributed by atoms with Gasteiger partial charge in [-0.3, -0.25) is 0 Å². The van der Waals surface area contributed by atoms with Crippen LogP contribution >= 0.6 is 0 Å². The van der Waals surface area contributed by atoms with E-state index in [1.807, 2.05) is 13.8 Å². The quantitative estimate of drug-likeness (QED) is 0.487. The summed E-state index contributed by atoms with van der Waals surface area (Å²) in [5.41, 5.74) is 0.841. The third-order valence-corrected chi connectivity index (χ3v) is 1.55. The minimum atomic E-state index is -0.0897. The maximum atomic E-state index is 12.5. The Morgan fingerprint density at radius 1 is 1.67 bits per heavy atom. The summed E-state index contributed by atoms with van der Waals surface area (Å²) in [6.07, 6.45) is 0.941. The number of ether oxygens (including phenoxy) is 1. The van der Waals surface area contributed by atoms with Crippen molar-refractivity contribution in [1.82, 2.24) is 0 Å². The lowest BCUT2D eigenvalue weighted by atomic mass is 10.1. The Morgan fingerprint density at radius 3 is 2.78 bits per heavy atom. The molecule has 0 unspecified atom stereocenters. The van der Waals surface area contributed by atoms with E-state index < -0.39 is 0 Å². The molecule has 1 nitrogen and oxygen atoms in total. The first-order valence-electron chi connectivity index (χ1n) is 3.16. The Kier molecular flexibility index (Phi) is 1.86. The lowest BCUT2D eigenvalue weighted by Gasteiger charge is -2.18. The average molecular weight is 130 g/mol. The van der Waals surface area contributed by atoms with Gasteiger partial charge in [0.2, 0.25) is 0 Å². The third kappa shape index (κ3) is 1.52. The molecule has 0 aliphatic carbocycles. The van der Waals surface area contributed by atoms with E-state index in [-0.39, 0.29) is 18.5 Å². The predicted molar refractivity (Wildman–Crippen MR) is 33.8 cm³/mol. The molecule has 1 rings (SSSR count). The Hall–Kier alpha value is -0.370. The van der Waals surface area contributed by atoms with E-state index in [0.29, 0.717) is 0 Å². The summed E-state index contributed by atoms with van der Waals surface area (Å²) in [6.45, 7) is 3.94. The van der Waals surface area contributed by atoms with Crippen molar-refractivity contribution < 1.29 is 9.13 Å². The topological polar surface area (TPSA) is 9.23 Å². The van der Waals surface area contributed by atoms with Crippen molar-refractivity contribution in [2.45, 2.75) is 26.4 Å². The Labute approximate surface area is 54.5 Å². The van der Waals surface area contributed by atoms with Crippen molar-refractivity contribution in [3.8, 4) is 0 Å². The van der Waals surface area contributed by atoms with Gasteiger partial charge in [-0.25, -0.2) is 4.39 Å². The number of halogens is 1. The van der Waals surface area contributed by atoms with E-state index in [4.69, 9.17) is 4.74 Å². The molecule has 1 heterocycles. The molecule has 0 amide bonds. The summed E-state index contributed by atoms with van der Waals surface area (Å²) < 4.78 is 17.5. The fourth-order valence-corrected chi connectivity index (χ4v) is 0.939. The monoisotopic (exact) mass is 130 g/mol. The van der Waals surface area contributed by atoms with Gasteiger partial charge in [-0.2, -0.15) is 0 Å². The molecule has 0 aromatic rings. The molecule has 0 radical (unpaired) electrons. The lowest BCUT2D eigenvalue weighted by Crippen LogP contribution is -2.16. The first-order valence-corrected chi connectivity index (χ1v) is 3.16. The summed E-state index contributed by atoms with van der Waals surface area (Å²) in [5.74, 6) is -0.0897. The molecule has 0 fully saturated rings. The van der Waals surface area contributed by atoms with Gasteiger partial charge in [0.1, 0.15) is 5.83 Å². The van der Waals surface area contributed by atoms with Crippen molar-refractivity contribution in [2.75, 3.05) is 6.61 Å². The highest BCUT2D eigenvalue weighted by molar-refractivity contribution is 5.08. The summed E-state index contributed by atoms with van der Waals surface area (Å²) in [6, 6.07) is 0. The van der Waals surface area contributed by atoms with Gasteiger partial charge in [0.25, 0.3) is 0 Å². The van der Waals surface area contributed by atoms with Crippen LogP contribution in [0, 0.1) is 0 Å². The summed E-state index contributed by atoms with van der Waals surface area (Å²) in [7, 11) is 0. The molecular weight excluding hydrogens is 119 g/mol. The van der Waals surface area contributed by atoms with Crippen molar-refractivity contribution >= 4 is 0 Å². The van der Waals surface area contributed by atoms with Crippen molar-refractivity contribution in [3.63, 3.8) is 0 Å². The number of hydrogen-bond acceptors (Lipinski definition) is 1. The zero-order valence-corrected chi connectivity index (χ0v) is 5.78. The van der Waals surface area contributed by atoms with Crippen LogP contribution in [-0.2, 0) is 4.74 Å². The fraction of sp³-hybridized carbons (Fsp3) is 0.714. The van der Waals surface area contributed by atoms with Crippen LogP contribution < -0.4 is 0 Å². The van der Waals surface area contributed by atoms with Gasteiger partial charge in [0.05, 0.1) is 12.7 Å². The summed E-state index contributed by atoms with van der Waals surface area (Å²) >= 11 is 0. The SMILES string of the molecule is CC1=C(F)CO[C@H](C)C1. The molecule has 0 aromatic heterocycles. The minimum absolute atomic E-state index is 0.0897. The molecule has 0 bridgehead atoms. The first-order chi connectivity index (χ1) is 4.20. The molecule has 0 N–H and O–H groups in total. The van der Waals surface area contributed by atoms with Gasteiger partial charge in [-0.15, -0.1) is 0 Å². The molecule has 9 heavy (non-hydrogen) atoms. The maximum absolute atomic E-state index is 12.5. The van der Waals surface area contributed by atoms with Crippen LogP contribution in [0.2, 0.25) is 0 Å². The van der Waals surface area contributed by atoms with Crippen LogP contribution in [0.5, 0.6) is 0 Å². The second-order valence-electron chi connectivity index (χ2n) is 2.51. The van der Waals surface area contributed by atoms with Crippen LogP contribution in [0.3, 0.4) is 0 Å². The first kappa shape index (κ1) is 6.75. The fourth-order valence-electron chi connectivity index (χ4n) is 0.939. The Balaban J connectivity index is 2.61. The highest BCUT2D eigenvalue weighted by atomic mass is 19.1. The molecule has 2 heteroatoms. The number of rotatable bonds is 0. The highest BCUT2D eigenvalue weighted by Crippen LogP contribution is 2.19. The van der Waals surface area contributed by atoms with Gasteiger partial charge in [-0.1, -0.05) is 0 Å². The molecule has 0 saturated heterocycles. The van der Waals surface area contributed by atoms with E-state index in [1.165, 1.54) is 0 Å². The molecular formula is C7H11FO. The molecule has 1 aliphatic heterocycles. The van der Waals surface area contributed by atoms with Gasteiger partial charge < -0.3 is 4.74 Å². The van der Waals surface area contributed by atoms with Crippen LogP contribution in [0.25, 0.3) is 0 Å². The summed E-state index contributed by atoms with van der Waals surface area (Å²) in [4.78, 5) is 0. The van der Waals surface area contributed by atoms with E-state index >= 15 is 0 Å². The lowest BCUT2D eigenvalue weighted by molar-refractivity contribution is 0.0595. The minimum Gasteiger partial charge on any atom is -0.371 e. The van der Waals surface area contributed by atoms with Crippen molar-refractivity contribution in [1.29, 1.82) is 0 Å². The van der Waals surface area contributed by atoms with Crippen molar-refractivity contribution in [2.24, 2.45) is 0 Å². The highest BCUT2D eigenvalue weighted by Gasteiger charge is 2.14. The largest absolute Gasteiger partial charge is 0.371 e. The van der Waals surface area contributed by atoms with E-state index in [9.17, 15) is 4.39 Å². The smallest absolute Gasteiger partial charge is 0.125 e. The second-order valence-corrected chi connectivity index (χ2v) is 2.51. The standard InChI is InChI=1S/C7H11FO/c1-5-3-6(2)9-4-7(5)8/h6H,3-4H2,1-2H3/t6-/m1/s1. The van der Waals surface area contributed by atoms with Crippen LogP contribution in [-0.4, -0.2) is 12.7 Å². The zero-order chi connectivity index (χ0) is 6.85. The molecule has 1 atom stereocenters. The van der Waals surface area contributed by atoms with Gasteiger partial charge in [-0.05, 0) is 25.8 Å². The normalized spacial score (nSPS) is 29.0. The van der Waals surface area contributed by atoms with Crippen LogP contribution in [0.1, 0.15) is 20.3 Å². The van der Waals surface area contributed by atoms with Gasteiger partial charge in [0, 0.05) is 0 Å². The Morgan fingerprint density at radius 2 is 2.33 bits per heavy atom. The van der Waals surface area contributed by atoms with Crippen LogP contribution in [0.4, 0.5) is 4.39 Å². The molecule has 52 valence electrons. The van der Waals surface area contributed by atoms with Gasteiger partial charge in [0.15, 0.2) is 0 Å². The third-order valence-electron chi connectivity index (χ3n) is 1.55. The average Bonchev–Trinajstić information content (AvgIpc) is 1.80. The van der Waals surface area contributed by atoms with E-state index in [0.717, 1.165) is 12.0 Å². The van der Waals surface area contributed by atoms with Crippen molar-refractivity contribution in [3.05, 3.63) is 11.4 Å².